The van der Waals surface area contributed by atoms with Gasteiger partial charge in [-0.3, -0.25) is 4.21 Å². The van der Waals surface area contributed by atoms with Crippen molar-refractivity contribution in [2.45, 2.75) is 10.5 Å². The fraction of sp³-hybridized carbons (Fsp3) is 1.00. The Morgan fingerprint density at radius 3 is 2.53 bits per heavy atom. The average Bonchev–Trinajstić information content (AvgIpc) is 2.19. The maximum Gasteiger partial charge on any atom is 0.156 e. The molecule has 0 aromatic rings. The second-order valence-corrected chi connectivity index (χ2v) is 8.05. The molecule has 15 heavy (non-hydrogen) atoms. The molecule has 2 aliphatic rings. The van der Waals surface area contributed by atoms with Crippen molar-refractivity contribution in [2.24, 2.45) is 0 Å². The Labute approximate surface area is 92.4 Å². The summed E-state index contributed by atoms with van der Waals surface area (Å²) in [4.78, 5) is 0. The van der Waals surface area contributed by atoms with Crippen LogP contribution < -0.4 is 10.6 Å². The molecule has 3 atom stereocenters. The summed E-state index contributed by atoms with van der Waals surface area (Å²) in [5.74, 6) is 0.738. The van der Waals surface area contributed by atoms with Gasteiger partial charge < -0.3 is 10.6 Å². The maximum atomic E-state index is 11.8. The quantitative estimate of drug-likeness (QED) is 0.570. The van der Waals surface area contributed by atoms with Crippen LogP contribution in [0, 0.1) is 0 Å². The first kappa shape index (κ1) is 11.5. The summed E-state index contributed by atoms with van der Waals surface area (Å²) in [5.41, 5.74) is 0. The minimum absolute atomic E-state index is 0.172. The van der Waals surface area contributed by atoms with Crippen LogP contribution >= 0.6 is 0 Å². The lowest BCUT2D eigenvalue weighted by atomic mass is 10.2. The first-order chi connectivity index (χ1) is 7.11. The zero-order chi connectivity index (χ0) is 10.9. The summed E-state index contributed by atoms with van der Waals surface area (Å²) >= 11 is 0. The Morgan fingerprint density at radius 1 is 1.13 bits per heavy atom. The Morgan fingerprint density at radius 2 is 1.87 bits per heavy atom. The number of hydrogen-bond donors (Lipinski definition) is 2. The molecule has 0 bridgehead atoms. The van der Waals surface area contributed by atoms with Gasteiger partial charge in [-0.15, -0.1) is 0 Å². The normalized spacial score (nSPS) is 41.2. The lowest BCUT2D eigenvalue weighted by Crippen LogP contribution is -2.56. The smallest absolute Gasteiger partial charge is 0.156 e. The molecule has 5 nitrogen and oxygen atoms in total. The maximum absolute atomic E-state index is 11.8. The van der Waals surface area contributed by atoms with Crippen LogP contribution in [0.25, 0.3) is 0 Å². The predicted molar refractivity (Wildman–Crippen MR) is 60.1 cm³/mol. The highest BCUT2D eigenvalue weighted by Crippen LogP contribution is 2.16. The zero-order valence-electron chi connectivity index (χ0n) is 8.44. The summed E-state index contributed by atoms with van der Waals surface area (Å²) in [7, 11) is -4.06. The molecular formula is C8H16N2O3S2. The van der Waals surface area contributed by atoms with E-state index in [4.69, 9.17) is 0 Å². The molecule has 0 spiro atoms. The van der Waals surface area contributed by atoms with Gasteiger partial charge >= 0.3 is 0 Å². The second-order valence-electron chi connectivity index (χ2n) is 3.94. The van der Waals surface area contributed by atoms with Crippen LogP contribution in [0.4, 0.5) is 0 Å². The van der Waals surface area contributed by atoms with Gasteiger partial charge in [-0.1, -0.05) is 0 Å². The summed E-state index contributed by atoms with van der Waals surface area (Å²) in [6.45, 7) is 2.24. The van der Waals surface area contributed by atoms with Crippen LogP contribution in [0.1, 0.15) is 0 Å². The molecule has 2 rings (SSSR count). The predicted octanol–water partition coefficient (Wildman–Crippen LogP) is -1.91. The van der Waals surface area contributed by atoms with Gasteiger partial charge in [-0.2, -0.15) is 0 Å². The third-order valence-electron chi connectivity index (χ3n) is 2.95. The van der Waals surface area contributed by atoms with E-state index < -0.39 is 25.9 Å². The van der Waals surface area contributed by atoms with Gasteiger partial charge in [0.05, 0.1) is 16.3 Å². The fourth-order valence-electron chi connectivity index (χ4n) is 2.06. The molecule has 0 radical (unpaired) electrons. The minimum atomic E-state index is -3.05. The van der Waals surface area contributed by atoms with Crippen LogP contribution in [0.3, 0.4) is 0 Å². The fourth-order valence-corrected chi connectivity index (χ4v) is 5.99. The van der Waals surface area contributed by atoms with Crippen LogP contribution in [-0.2, 0) is 20.6 Å². The molecule has 7 heteroatoms. The second kappa shape index (κ2) is 4.48. The molecule has 0 aliphatic carbocycles. The van der Waals surface area contributed by atoms with Crippen molar-refractivity contribution in [3.8, 4) is 0 Å². The summed E-state index contributed by atoms with van der Waals surface area (Å²) in [6, 6.07) is 0. The van der Waals surface area contributed by atoms with E-state index in [9.17, 15) is 12.6 Å². The summed E-state index contributed by atoms with van der Waals surface area (Å²) in [5, 5.41) is 5.47. The first-order valence-electron chi connectivity index (χ1n) is 5.11. The molecule has 0 aromatic carbocycles. The largest absolute Gasteiger partial charge is 0.315 e. The van der Waals surface area contributed by atoms with E-state index in [1.54, 1.807) is 0 Å². The van der Waals surface area contributed by atoms with Gasteiger partial charge in [0.15, 0.2) is 9.84 Å². The Balaban J connectivity index is 2.17. The van der Waals surface area contributed by atoms with E-state index in [1.807, 2.05) is 0 Å². The van der Waals surface area contributed by atoms with E-state index in [1.165, 1.54) is 0 Å². The molecule has 88 valence electrons. The molecule has 2 aliphatic heterocycles. The number of hydrogen-bond acceptors (Lipinski definition) is 5. The number of nitrogens with one attached hydrogen (secondary N) is 2. The van der Waals surface area contributed by atoms with Gasteiger partial charge in [0, 0.05) is 42.7 Å². The van der Waals surface area contributed by atoms with Crippen molar-refractivity contribution in [3.05, 3.63) is 0 Å². The SMILES string of the molecule is O=S1CCNCC1C1CNCCS1(=O)=O. The van der Waals surface area contributed by atoms with Crippen LogP contribution in [0.5, 0.6) is 0 Å². The third kappa shape index (κ3) is 2.41. The van der Waals surface area contributed by atoms with E-state index in [-0.39, 0.29) is 11.0 Å². The van der Waals surface area contributed by atoms with Crippen molar-refractivity contribution < 1.29 is 12.6 Å². The van der Waals surface area contributed by atoms with Gasteiger partial charge in [0.2, 0.25) is 0 Å². The van der Waals surface area contributed by atoms with Gasteiger partial charge in [0.1, 0.15) is 0 Å². The van der Waals surface area contributed by atoms with Crippen molar-refractivity contribution in [2.75, 3.05) is 37.7 Å². The van der Waals surface area contributed by atoms with Crippen LogP contribution in [-0.4, -0.2) is 60.8 Å². The van der Waals surface area contributed by atoms with E-state index in [0.29, 0.717) is 25.4 Å². The monoisotopic (exact) mass is 252 g/mol. The lowest BCUT2D eigenvalue weighted by molar-refractivity contribution is 0.518. The molecule has 2 heterocycles. The minimum Gasteiger partial charge on any atom is -0.315 e. The topological polar surface area (TPSA) is 75.3 Å². The molecule has 0 saturated carbocycles. The molecule has 2 N–H and O–H groups in total. The van der Waals surface area contributed by atoms with E-state index >= 15 is 0 Å². The van der Waals surface area contributed by atoms with Crippen LogP contribution in [0.15, 0.2) is 0 Å². The molecule has 3 unspecified atom stereocenters. The first-order valence-corrected chi connectivity index (χ1v) is 8.21. The molecule has 0 aromatic heterocycles. The van der Waals surface area contributed by atoms with Crippen molar-refractivity contribution in [1.29, 1.82) is 0 Å². The average molecular weight is 252 g/mol. The van der Waals surface area contributed by atoms with E-state index in [2.05, 4.69) is 10.6 Å². The Bertz CT molecular complexity index is 355. The molecular weight excluding hydrogens is 236 g/mol. The number of sulfone groups is 1. The van der Waals surface area contributed by atoms with Gasteiger partial charge in [-0.05, 0) is 0 Å². The van der Waals surface area contributed by atoms with Gasteiger partial charge in [0.25, 0.3) is 0 Å². The van der Waals surface area contributed by atoms with Crippen molar-refractivity contribution in [1.82, 2.24) is 10.6 Å². The summed E-state index contributed by atoms with van der Waals surface area (Å²) in [6.07, 6.45) is 0. The molecule has 2 fully saturated rings. The zero-order valence-corrected chi connectivity index (χ0v) is 10.1. The lowest BCUT2D eigenvalue weighted by Gasteiger charge is -2.32. The molecule has 0 amide bonds. The van der Waals surface area contributed by atoms with Crippen LogP contribution in [0.2, 0.25) is 0 Å². The van der Waals surface area contributed by atoms with E-state index in [0.717, 1.165) is 6.54 Å². The van der Waals surface area contributed by atoms with Gasteiger partial charge in [-0.25, -0.2) is 8.42 Å². The van der Waals surface area contributed by atoms with Crippen molar-refractivity contribution >= 4 is 20.6 Å². The van der Waals surface area contributed by atoms with Crippen molar-refractivity contribution in [3.63, 3.8) is 0 Å². The highest BCUT2D eigenvalue weighted by Gasteiger charge is 2.39. The summed E-state index contributed by atoms with van der Waals surface area (Å²) < 4.78 is 35.4. The standard InChI is InChI=1S/C8H16N2O3S2/c11-14-3-1-9-5-7(14)8-6-10-2-4-15(8,12)13/h7-10H,1-6H2. The molecule has 2 saturated heterocycles. The Hall–Kier alpha value is 0.0200. The Kier molecular flexibility index (Phi) is 3.44. The number of rotatable bonds is 1. The highest BCUT2D eigenvalue weighted by molar-refractivity contribution is 7.94. The third-order valence-corrected chi connectivity index (χ3v) is 7.09. The highest BCUT2D eigenvalue weighted by atomic mass is 32.2.